The van der Waals surface area contributed by atoms with Crippen LogP contribution in [0.3, 0.4) is 0 Å². The summed E-state index contributed by atoms with van der Waals surface area (Å²) < 4.78 is 7.49. The molecule has 0 aliphatic carbocycles. The van der Waals surface area contributed by atoms with Crippen LogP contribution in [0.1, 0.15) is 26.0 Å². The number of benzene rings is 1. The van der Waals surface area contributed by atoms with E-state index in [1.54, 1.807) is 12.1 Å². The number of ether oxygens (including phenoxy) is 1. The lowest BCUT2D eigenvalue weighted by molar-refractivity contribution is -0.116. The van der Waals surface area contributed by atoms with Crippen molar-refractivity contribution in [2.75, 3.05) is 18.4 Å². The van der Waals surface area contributed by atoms with E-state index >= 15 is 0 Å². The molecule has 1 saturated heterocycles. The Hall–Kier alpha value is -2.40. The number of anilines is 1. The minimum Gasteiger partial charge on any atom is -0.373 e. The number of H-pyrrole nitrogens is 1. The van der Waals surface area contributed by atoms with Crippen LogP contribution in [-0.2, 0) is 22.6 Å². The van der Waals surface area contributed by atoms with E-state index in [4.69, 9.17) is 17.0 Å². The molecule has 0 spiro atoms. The molecule has 3 heterocycles. The molecule has 164 valence electrons. The van der Waals surface area contributed by atoms with E-state index in [1.807, 2.05) is 17.5 Å². The molecule has 0 radical (unpaired) electrons. The molecule has 31 heavy (non-hydrogen) atoms. The molecular formula is C21H25N5O3S2. The maximum absolute atomic E-state index is 12.7. The number of para-hydroxylation sites is 1. The lowest BCUT2D eigenvalue weighted by Crippen LogP contribution is -2.44. The third-order valence-corrected chi connectivity index (χ3v) is 6.26. The molecule has 2 N–H and O–H groups in total. The van der Waals surface area contributed by atoms with Crippen molar-refractivity contribution in [3.05, 3.63) is 50.5 Å². The average Bonchev–Trinajstić information content (AvgIpc) is 3.13. The minimum absolute atomic E-state index is 0.128. The lowest BCUT2D eigenvalue weighted by Gasteiger charge is -2.34. The molecule has 8 nitrogen and oxygen atoms in total. The fourth-order valence-corrected chi connectivity index (χ4v) is 4.88. The van der Waals surface area contributed by atoms with Crippen LogP contribution in [0.5, 0.6) is 0 Å². The van der Waals surface area contributed by atoms with Crippen molar-refractivity contribution in [2.24, 2.45) is 0 Å². The van der Waals surface area contributed by atoms with Crippen molar-refractivity contribution in [3.63, 3.8) is 0 Å². The van der Waals surface area contributed by atoms with Crippen LogP contribution in [0.25, 0.3) is 10.9 Å². The number of aromatic nitrogens is 3. The van der Waals surface area contributed by atoms with Gasteiger partial charge >= 0.3 is 0 Å². The molecule has 1 aromatic carbocycles. The van der Waals surface area contributed by atoms with Crippen molar-refractivity contribution in [2.45, 2.75) is 45.6 Å². The first-order valence-corrected chi connectivity index (χ1v) is 11.5. The number of hydrogen-bond acceptors (Lipinski definition) is 7. The Bertz CT molecular complexity index is 1190. The first-order valence-electron chi connectivity index (χ1n) is 10.2. The van der Waals surface area contributed by atoms with E-state index in [0.717, 1.165) is 25.3 Å². The summed E-state index contributed by atoms with van der Waals surface area (Å²) in [6.45, 7) is 6.80. The van der Waals surface area contributed by atoms with Gasteiger partial charge in [-0.15, -0.1) is 11.3 Å². The van der Waals surface area contributed by atoms with Gasteiger partial charge in [-0.2, -0.15) is 0 Å². The highest BCUT2D eigenvalue weighted by Crippen LogP contribution is 2.19. The van der Waals surface area contributed by atoms with Gasteiger partial charge < -0.3 is 15.0 Å². The third-order valence-electron chi connectivity index (χ3n) is 5.13. The van der Waals surface area contributed by atoms with Crippen LogP contribution in [0, 0.1) is 4.77 Å². The number of aromatic amines is 1. The summed E-state index contributed by atoms with van der Waals surface area (Å²) >= 11 is 6.70. The first-order chi connectivity index (χ1) is 14.9. The number of morpholine rings is 1. The predicted molar refractivity (Wildman–Crippen MR) is 124 cm³/mol. The Morgan fingerprint density at radius 3 is 2.84 bits per heavy atom. The number of nitrogens with zero attached hydrogens (tertiary/aromatic N) is 3. The molecule has 0 bridgehead atoms. The average molecular weight is 460 g/mol. The van der Waals surface area contributed by atoms with E-state index in [0.29, 0.717) is 20.8 Å². The van der Waals surface area contributed by atoms with Crippen LogP contribution in [0.2, 0.25) is 0 Å². The van der Waals surface area contributed by atoms with E-state index in [9.17, 15) is 9.59 Å². The molecule has 0 saturated carbocycles. The van der Waals surface area contributed by atoms with Crippen LogP contribution in [-0.4, -0.2) is 50.6 Å². The maximum Gasteiger partial charge on any atom is 0.262 e. The number of rotatable bonds is 6. The van der Waals surface area contributed by atoms with Crippen LogP contribution < -0.4 is 10.9 Å². The molecule has 1 amide bonds. The number of fused-ring (bicyclic) bond motifs is 1. The van der Waals surface area contributed by atoms with E-state index in [-0.39, 0.29) is 36.6 Å². The standard InChI is InChI=1S/C21H25N5O3S2/c1-13-9-25(10-14(2)29-13)11-15-12-31-20(22-15)24-18(27)7-8-26-19(28)16-5-3-4-6-17(16)23-21(26)30/h3-6,12-14H,7-11H2,1-2H3,(H,23,30)(H,22,24,27). The van der Waals surface area contributed by atoms with E-state index in [2.05, 4.69) is 34.0 Å². The molecule has 3 aromatic rings. The van der Waals surface area contributed by atoms with Gasteiger partial charge in [0.15, 0.2) is 9.90 Å². The SMILES string of the molecule is CC1CN(Cc2csc(NC(=O)CCn3c(=S)[nH]c4ccccc4c3=O)n2)CC(C)O1. The van der Waals surface area contributed by atoms with Crippen LogP contribution in [0.4, 0.5) is 5.13 Å². The molecule has 1 aliphatic heterocycles. The molecule has 2 atom stereocenters. The number of carbonyl (C=O) groups excluding carboxylic acids is 1. The minimum atomic E-state index is -0.205. The Labute approximate surface area is 188 Å². The van der Waals surface area contributed by atoms with Gasteiger partial charge in [0.2, 0.25) is 5.91 Å². The Kier molecular flexibility index (Phi) is 6.61. The van der Waals surface area contributed by atoms with Crippen LogP contribution in [0.15, 0.2) is 34.4 Å². The molecular weight excluding hydrogens is 434 g/mol. The van der Waals surface area contributed by atoms with Gasteiger partial charge in [-0.1, -0.05) is 12.1 Å². The summed E-state index contributed by atoms with van der Waals surface area (Å²) in [6, 6.07) is 7.19. The van der Waals surface area contributed by atoms with Crippen molar-refractivity contribution in [1.29, 1.82) is 0 Å². The summed E-state index contributed by atoms with van der Waals surface area (Å²) in [4.78, 5) is 35.0. The zero-order valence-electron chi connectivity index (χ0n) is 17.5. The Balaban J connectivity index is 1.35. The van der Waals surface area contributed by atoms with Gasteiger partial charge in [-0.3, -0.25) is 19.1 Å². The number of amides is 1. The smallest absolute Gasteiger partial charge is 0.262 e. The van der Waals surface area contributed by atoms with Crippen LogP contribution >= 0.6 is 23.6 Å². The summed E-state index contributed by atoms with van der Waals surface area (Å²) in [7, 11) is 0. The highest BCUT2D eigenvalue weighted by molar-refractivity contribution is 7.71. The summed E-state index contributed by atoms with van der Waals surface area (Å²) in [6.07, 6.45) is 0.529. The fraction of sp³-hybridized carbons (Fsp3) is 0.429. The fourth-order valence-electron chi connectivity index (χ4n) is 3.88. The predicted octanol–water partition coefficient (Wildman–Crippen LogP) is 3.15. The second kappa shape index (κ2) is 9.39. The molecule has 10 heteroatoms. The molecule has 2 unspecified atom stereocenters. The first kappa shape index (κ1) is 21.8. The number of nitrogens with one attached hydrogen (secondary N) is 2. The highest BCUT2D eigenvalue weighted by atomic mass is 32.1. The van der Waals surface area contributed by atoms with Gasteiger partial charge in [0, 0.05) is 38.0 Å². The lowest BCUT2D eigenvalue weighted by atomic mass is 10.2. The van der Waals surface area contributed by atoms with Crippen molar-refractivity contribution in [1.82, 2.24) is 19.4 Å². The Morgan fingerprint density at radius 2 is 2.06 bits per heavy atom. The second-order valence-electron chi connectivity index (χ2n) is 7.83. The normalized spacial score (nSPS) is 19.5. The third kappa shape index (κ3) is 5.27. The molecule has 1 aliphatic rings. The molecule has 4 rings (SSSR count). The van der Waals surface area contributed by atoms with Gasteiger partial charge in [-0.05, 0) is 38.2 Å². The maximum atomic E-state index is 12.7. The van der Waals surface area contributed by atoms with E-state index < -0.39 is 0 Å². The molecule has 1 fully saturated rings. The number of carbonyl (C=O) groups is 1. The van der Waals surface area contributed by atoms with Gasteiger partial charge in [0.25, 0.3) is 5.56 Å². The topological polar surface area (TPSA) is 92.2 Å². The number of thiazole rings is 1. The summed E-state index contributed by atoms with van der Waals surface area (Å²) in [5.74, 6) is -0.205. The van der Waals surface area contributed by atoms with E-state index in [1.165, 1.54) is 15.9 Å². The van der Waals surface area contributed by atoms with Crippen molar-refractivity contribution >= 4 is 45.5 Å². The monoisotopic (exact) mass is 459 g/mol. The van der Waals surface area contributed by atoms with Gasteiger partial charge in [-0.25, -0.2) is 4.98 Å². The largest absolute Gasteiger partial charge is 0.373 e. The number of hydrogen-bond donors (Lipinski definition) is 2. The highest BCUT2D eigenvalue weighted by Gasteiger charge is 2.22. The summed E-state index contributed by atoms with van der Waals surface area (Å²) in [5, 5.41) is 5.90. The zero-order valence-corrected chi connectivity index (χ0v) is 19.1. The Morgan fingerprint density at radius 1 is 1.32 bits per heavy atom. The zero-order chi connectivity index (χ0) is 22.0. The van der Waals surface area contributed by atoms with Gasteiger partial charge in [0.05, 0.1) is 28.8 Å². The van der Waals surface area contributed by atoms with Crippen molar-refractivity contribution in [3.8, 4) is 0 Å². The second-order valence-corrected chi connectivity index (χ2v) is 9.07. The quantitative estimate of drug-likeness (QED) is 0.550. The summed E-state index contributed by atoms with van der Waals surface area (Å²) in [5.41, 5.74) is 1.42. The van der Waals surface area contributed by atoms with Gasteiger partial charge in [0.1, 0.15) is 0 Å². The van der Waals surface area contributed by atoms with Crippen molar-refractivity contribution < 1.29 is 9.53 Å². The molecule has 2 aromatic heterocycles.